The summed E-state index contributed by atoms with van der Waals surface area (Å²) in [6.45, 7) is 2.48. The predicted octanol–water partition coefficient (Wildman–Crippen LogP) is 2.63. The molecule has 3 rings (SSSR count). The first-order chi connectivity index (χ1) is 9.88. The summed E-state index contributed by atoms with van der Waals surface area (Å²) in [5.41, 5.74) is 7.21. The highest BCUT2D eigenvalue weighted by Crippen LogP contribution is 2.48. The number of benzene rings is 1. The van der Waals surface area contributed by atoms with E-state index >= 15 is 0 Å². The van der Waals surface area contributed by atoms with Gasteiger partial charge in [0.25, 0.3) is 0 Å². The van der Waals surface area contributed by atoms with Crippen LogP contribution in [0.5, 0.6) is 0 Å². The molecule has 0 amide bonds. The van der Waals surface area contributed by atoms with E-state index in [1.807, 2.05) is 6.92 Å². The molecule has 1 aromatic carbocycles. The fraction of sp³-hybridized carbons (Fsp3) is 0.625. The molecule has 0 radical (unpaired) electrons. The second-order valence-corrected chi connectivity index (χ2v) is 8.78. The Kier molecular flexibility index (Phi) is 3.74. The van der Waals surface area contributed by atoms with Crippen molar-refractivity contribution in [1.82, 2.24) is 4.31 Å². The lowest BCUT2D eigenvalue weighted by molar-refractivity contribution is 0.280. The van der Waals surface area contributed by atoms with Gasteiger partial charge in [0, 0.05) is 19.3 Å². The van der Waals surface area contributed by atoms with Crippen molar-refractivity contribution in [3.8, 4) is 0 Å². The van der Waals surface area contributed by atoms with Gasteiger partial charge in [-0.05, 0) is 67.7 Å². The summed E-state index contributed by atoms with van der Waals surface area (Å²) in [7, 11) is -1.70. The Balaban J connectivity index is 1.76. The number of aryl methyl sites for hydroxylation is 1. The smallest absolute Gasteiger partial charge is 0.242 e. The summed E-state index contributed by atoms with van der Waals surface area (Å²) in [6.07, 6.45) is 5.13. The van der Waals surface area contributed by atoms with Crippen molar-refractivity contribution in [3.63, 3.8) is 0 Å². The average molecular weight is 308 g/mol. The molecule has 0 aliphatic heterocycles. The molecule has 5 heteroatoms. The molecule has 0 spiro atoms. The summed E-state index contributed by atoms with van der Waals surface area (Å²) in [5, 5.41) is 0. The Hall–Kier alpha value is -1.07. The molecule has 116 valence electrons. The maximum Gasteiger partial charge on any atom is 0.242 e. The first-order valence-corrected chi connectivity index (χ1v) is 9.14. The minimum Gasteiger partial charge on any atom is -0.399 e. The normalized spacial score (nSPS) is 28.4. The Labute approximate surface area is 127 Å². The molecule has 1 aromatic rings. The molecule has 21 heavy (non-hydrogen) atoms. The molecule has 2 saturated carbocycles. The molecule has 4 nitrogen and oxygen atoms in total. The Morgan fingerprint density at radius 2 is 2.05 bits per heavy atom. The van der Waals surface area contributed by atoms with Crippen LogP contribution in [0.3, 0.4) is 0 Å². The van der Waals surface area contributed by atoms with Gasteiger partial charge >= 0.3 is 0 Å². The lowest BCUT2D eigenvalue weighted by Gasteiger charge is -2.27. The van der Waals surface area contributed by atoms with Crippen LogP contribution in [-0.2, 0) is 10.0 Å². The van der Waals surface area contributed by atoms with Crippen molar-refractivity contribution in [1.29, 1.82) is 0 Å². The molecule has 0 heterocycles. The zero-order chi connectivity index (χ0) is 15.2. The van der Waals surface area contributed by atoms with Crippen molar-refractivity contribution >= 4 is 15.7 Å². The van der Waals surface area contributed by atoms with Gasteiger partial charge in [0.1, 0.15) is 0 Å². The summed E-state index contributed by atoms with van der Waals surface area (Å²) in [5.74, 6) is 2.12. The number of hydrogen-bond acceptors (Lipinski definition) is 3. The van der Waals surface area contributed by atoms with Crippen molar-refractivity contribution in [2.45, 2.75) is 37.5 Å². The second-order valence-electron chi connectivity index (χ2n) is 6.74. The number of anilines is 1. The molecule has 0 aromatic heterocycles. The largest absolute Gasteiger partial charge is 0.399 e. The number of sulfonamides is 1. The van der Waals surface area contributed by atoms with E-state index in [-0.39, 0.29) is 0 Å². The van der Waals surface area contributed by atoms with E-state index in [2.05, 4.69) is 0 Å². The topological polar surface area (TPSA) is 63.4 Å². The van der Waals surface area contributed by atoms with Gasteiger partial charge in [-0.2, -0.15) is 0 Å². The fourth-order valence-corrected chi connectivity index (χ4v) is 5.33. The quantitative estimate of drug-likeness (QED) is 0.870. The van der Waals surface area contributed by atoms with Crippen LogP contribution in [0, 0.1) is 24.7 Å². The van der Waals surface area contributed by atoms with E-state index in [1.165, 1.54) is 30.0 Å². The molecule has 2 fully saturated rings. The molecular formula is C16H24N2O2S. The number of nitrogen functional groups attached to an aromatic ring is 1. The van der Waals surface area contributed by atoms with Crippen molar-refractivity contribution in [2.75, 3.05) is 19.3 Å². The van der Waals surface area contributed by atoms with Crippen LogP contribution in [-0.4, -0.2) is 26.3 Å². The zero-order valence-electron chi connectivity index (χ0n) is 12.7. The van der Waals surface area contributed by atoms with Gasteiger partial charge in [-0.15, -0.1) is 0 Å². The van der Waals surface area contributed by atoms with Crippen molar-refractivity contribution in [3.05, 3.63) is 23.8 Å². The molecule has 2 aliphatic rings. The number of fused-ring (bicyclic) bond motifs is 2. The molecule has 2 aliphatic carbocycles. The SMILES string of the molecule is Cc1cc(S(=O)(=O)N(C)CC2CC3CCC2C3)ccc1N. The molecule has 2 N–H and O–H groups in total. The highest BCUT2D eigenvalue weighted by molar-refractivity contribution is 7.89. The van der Waals surface area contributed by atoms with Gasteiger partial charge in [0.15, 0.2) is 0 Å². The first kappa shape index (κ1) is 14.9. The van der Waals surface area contributed by atoms with Crippen molar-refractivity contribution in [2.24, 2.45) is 17.8 Å². The highest BCUT2D eigenvalue weighted by atomic mass is 32.2. The number of nitrogens with zero attached hydrogens (tertiary/aromatic N) is 1. The summed E-state index contributed by atoms with van der Waals surface area (Å²) in [4.78, 5) is 0.347. The molecule has 2 bridgehead atoms. The van der Waals surface area contributed by atoms with Crippen LogP contribution in [0.4, 0.5) is 5.69 Å². The van der Waals surface area contributed by atoms with E-state index in [9.17, 15) is 8.42 Å². The minimum absolute atomic E-state index is 0.347. The third-order valence-electron chi connectivity index (χ3n) is 5.33. The maximum atomic E-state index is 12.7. The number of rotatable bonds is 4. The van der Waals surface area contributed by atoms with Gasteiger partial charge in [-0.25, -0.2) is 12.7 Å². The van der Waals surface area contributed by atoms with Gasteiger partial charge in [0.2, 0.25) is 10.0 Å². The van der Waals surface area contributed by atoms with Gasteiger partial charge in [0.05, 0.1) is 4.90 Å². The summed E-state index contributed by atoms with van der Waals surface area (Å²) < 4.78 is 26.9. The molecule has 0 saturated heterocycles. The zero-order valence-corrected chi connectivity index (χ0v) is 13.6. The minimum atomic E-state index is -3.40. The Morgan fingerprint density at radius 3 is 2.62 bits per heavy atom. The van der Waals surface area contributed by atoms with Crippen LogP contribution in [0.25, 0.3) is 0 Å². The van der Waals surface area contributed by atoms with E-state index < -0.39 is 10.0 Å². The van der Waals surface area contributed by atoms with Crippen molar-refractivity contribution < 1.29 is 8.42 Å². The third kappa shape index (κ3) is 2.69. The second kappa shape index (κ2) is 5.29. The van der Waals surface area contributed by atoms with E-state index in [0.29, 0.717) is 23.0 Å². The van der Waals surface area contributed by atoms with Crippen LogP contribution >= 0.6 is 0 Å². The monoisotopic (exact) mass is 308 g/mol. The number of hydrogen-bond donors (Lipinski definition) is 1. The van der Waals surface area contributed by atoms with Gasteiger partial charge in [-0.3, -0.25) is 0 Å². The molecule has 3 atom stereocenters. The first-order valence-electron chi connectivity index (χ1n) is 7.70. The van der Waals surface area contributed by atoms with E-state index in [0.717, 1.165) is 17.4 Å². The van der Waals surface area contributed by atoms with Crippen LogP contribution in [0.2, 0.25) is 0 Å². The fourth-order valence-electron chi connectivity index (χ4n) is 4.02. The van der Waals surface area contributed by atoms with Crippen LogP contribution in [0.15, 0.2) is 23.1 Å². The lowest BCUT2D eigenvalue weighted by atomic mass is 9.89. The van der Waals surface area contributed by atoms with Crippen LogP contribution in [0.1, 0.15) is 31.2 Å². The predicted molar refractivity (Wildman–Crippen MR) is 84.3 cm³/mol. The van der Waals surface area contributed by atoms with Crippen LogP contribution < -0.4 is 5.73 Å². The summed E-state index contributed by atoms with van der Waals surface area (Å²) >= 11 is 0. The standard InChI is InChI=1S/C16H24N2O2S/c1-11-7-15(5-6-16(11)17)21(19,20)18(2)10-14-9-12-3-4-13(14)8-12/h5-7,12-14H,3-4,8-10,17H2,1-2H3. The Morgan fingerprint density at radius 1 is 1.29 bits per heavy atom. The molecular weight excluding hydrogens is 284 g/mol. The highest BCUT2D eigenvalue weighted by Gasteiger charge is 2.40. The van der Waals surface area contributed by atoms with Gasteiger partial charge < -0.3 is 5.73 Å². The number of nitrogens with two attached hydrogens (primary N) is 1. The summed E-state index contributed by atoms with van der Waals surface area (Å²) in [6, 6.07) is 4.95. The molecule has 3 unspecified atom stereocenters. The van der Waals surface area contributed by atoms with E-state index in [4.69, 9.17) is 5.73 Å². The Bertz CT molecular complexity index is 642. The lowest BCUT2D eigenvalue weighted by Crippen LogP contribution is -2.33. The van der Waals surface area contributed by atoms with Gasteiger partial charge in [-0.1, -0.05) is 6.42 Å². The average Bonchev–Trinajstić information content (AvgIpc) is 3.04. The van der Waals surface area contributed by atoms with E-state index in [1.54, 1.807) is 25.2 Å². The maximum absolute atomic E-state index is 12.7. The third-order valence-corrected chi connectivity index (χ3v) is 7.14.